The Morgan fingerprint density at radius 2 is 1.62 bits per heavy atom. The van der Waals surface area contributed by atoms with E-state index < -0.39 is 0 Å². The molecule has 0 rings (SSSR count). The van der Waals surface area contributed by atoms with E-state index in [1.807, 2.05) is 0 Å². The van der Waals surface area contributed by atoms with Crippen molar-refractivity contribution in [1.29, 1.82) is 0 Å². The summed E-state index contributed by atoms with van der Waals surface area (Å²) in [5, 5.41) is 7.00. The zero-order valence-electron chi connectivity index (χ0n) is 6.44. The van der Waals surface area contributed by atoms with Gasteiger partial charge in [-0.05, 0) is 5.92 Å². The topological polar surface area (TPSA) is 20.2 Å². The summed E-state index contributed by atoms with van der Waals surface area (Å²) in [6, 6.07) is 0. The molecule has 0 aliphatic carbocycles. The Morgan fingerprint density at radius 1 is 1.25 bits per heavy atom. The SMILES string of the molecule is CCCC(C)C.CO. The van der Waals surface area contributed by atoms with Gasteiger partial charge in [0.2, 0.25) is 0 Å². The Kier molecular flexibility index (Phi) is 13.6. The second kappa shape index (κ2) is 10.0. The molecule has 0 unspecified atom stereocenters. The minimum absolute atomic E-state index is 0.898. The number of hydrogen-bond donors (Lipinski definition) is 1. The van der Waals surface area contributed by atoms with Crippen molar-refractivity contribution >= 4 is 0 Å². The minimum atomic E-state index is 0.898. The number of aliphatic hydroxyl groups excluding tert-OH is 1. The van der Waals surface area contributed by atoms with Gasteiger partial charge in [0.15, 0.2) is 0 Å². The molecule has 0 aromatic carbocycles. The van der Waals surface area contributed by atoms with E-state index in [2.05, 4.69) is 20.8 Å². The third kappa shape index (κ3) is 16.7. The van der Waals surface area contributed by atoms with Crippen LogP contribution in [0.5, 0.6) is 0 Å². The first kappa shape index (κ1) is 10.9. The highest BCUT2D eigenvalue weighted by molar-refractivity contribution is 4.38. The molecular formula is C7H18O. The van der Waals surface area contributed by atoms with Gasteiger partial charge in [-0.2, -0.15) is 0 Å². The predicted molar refractivity (Wildman–Crippen MR) is 37.9 cm³/mol. The zero-order valence-corrected chi connectivity index (χ0v) is 6.44. The molecule has 1 heteroatoms. The Balaban J connectivity index is 0. The molecule has 0 bridgehead atoms. The molecule has 0 heterocycles. The van der Waals surface area contributed by atoms with E-state index in [0.29, 0.717) is 0 Å². The van der Waals surface area contributed by atoms with Crippen molar-refractivity contribution in [3.8, 4) is 0 Å². The Morgan fingerprint density at radius 3 is 1.62 bits per heavy atom. The van der Waals surface area contributed by atoms with Gasteiger partial charge < -0.3 is 5.11 Å². The van der Waals surface area contributed by atoms with Gasteiger partial charge in [-0.25, -0.2) is 0 Å². The fourth-order valence-electron chi connectivity index (χ4n) is 0.577. The molecule has 52 valence electrons. The van der Waals surface area contributed by atoms with E-state index in [1.165, 1.54) is 12.8 Å². The van der Waals surface area contributed by atoms with E-state index in [0.717, 1.165) is 13.0 Å². The van der Waals surface area contributed by atoms with Crippen LogP contribution in [0.25, 0.3) is 0 Å². The highest BCUT2D eigenvalue weighted by atomic mass is 16.2. The number of rotatable bonds is 2. The Bertz CT molecular complexity index is 25.6. The van der Waals surface area contributed by atoms with Crippen LogP contribution >= 0.6 is 0 Å². The smallest absolute Gasteiger partial charge is 0.0319 e. The summed E-state index contributed by atoms with van der Waals surface area (Å²) < 4.78 is 0. The summed E-state index contributed by atoms with van der Waals surface area (Å²) in [7, 11) is 1.00. The van der Waals surface area contributed by atoms with E-state index >= 15 is 0 Å². The summed E-state index contributed by atoms with van der Waals surface area (Å²) in [6.45, 7) is 6.73. The number of hydrogen-bond acceptors (Lipinski definition) is 1. The van der Waals surface area contributed by atoms with Crippen LogP contribution in [-0.2, 0) is 0 Å². The lowest BCUT2D eigenvalue weighted by Crippen LogP contribution is -1.81. The van der Waals surface area contributed by atoms with Gasteiger partial charge >= 0.3 is 0 Å². The summed E-state index contributed by atoms with van der Waals surface area (Å²) in [4.78, 5) is 0. The van der Waals surface area contributed by atoms with Crippen LogP contribution in [-0.4, -0.2) is 12.2 Å². The molecule has 0 amide bonds. The standard InChI is InChI=1S/C6H14.CH4O/c1-4-5-6(2)3;1-2/h6H,4-5H2,1-3H3;2H,1H3. The Hall–Kier alpha value is -0.0400. The summed E-state index contributed by atoms with van der Waals surface area (Å²) in [5.74, 6) is 0.898. The van der Waals surface area contributed by atoms with Gasteiger partial charge in [-0.1, -0.05) is 33.6 Å². The maximum Gasteiger partial charge on any atom is 0.0319 e. The van der Waals surface area contributed by atoms with Crippen LogP contribution in [0.15, 0.2) is 0 Å². The van der Waals surface area contributed by atoms with Crippen LogP contribution in [0.4, 0.5) is 0 Å². The van der Waals surface area contributed by atoms with Crippen molar-refractivity contribution in [3.05, 3.63) is 0 Å². The average molecular weight is 118 g/mol. The monoisotopic (exact) mass is 118 g/mol. The van der Waals surface area contributed by atoms with E-state index in [1.54, 1.807) is 0 Å². The lowest BCUT2D eigenvalue weighted by atomic mass is 10.1. The van der Waals surface area contributed by atoms with Crippen molar-refractivity contribution in [3.63, 3.8) is 0 Å². The van der Waals surface area contributed by atoms with E-state index in [4.69, 9.17) is 5.11 Å². The minimum Gasteiger partial charge on any atom is -0.400 e. The molecule has 1 nitrogen and oxygen atoms in total. The first-order valence-corrected chi connectivity index (χ1v) is 3.22. The highest BCUT2D eigenvalue weighted by Gasteiger charge is 1.85. The van der Waals surface area contributed by atoms with Crippen LogP contribution in [0.1, 0.15) is 33.6 Å². The average Bonchev–Trinajstić information content (AvgIpc) is 1.72. The fourth-order valence-corrected chi connectivity index (χ4v) is 0.577. The van der Waals surface area contributed by atoms with Crippen molar-refractivity contribution in [2.24, 2.45) is 5.92 Å². The zero-order chi connectivity index (χ0) is 6.99. The molecule has 0 atom stereocenters. The van der Waals surface area contributed by atoms with E-state index in [-0.39, 0.29) is 0 Å². The van der Waals surface area contributed by atoms with Gasteiger partial charge in [0.05, 0.1) is 0 Å². The van der Waals surface area contributed by atoms with Crippen molar-refractivity contribution in [1.82, 2.24) is 0 Å². The first-order valence-electron chi connectivity index (χ1n) is 3.22. The first-order chi connectivity index (χ1) is 3.77. The summed E-state index contributed by atoms with van der Waals surface area (Å²) in [6.07, 6.45) is 2.71. The van der Waals surface area contributed by atoms with Crippen LogP contribution < -0.4 is 0 Å². The van der Waals surface area contributed by atoms with Crippen LogP contribution in [0, 0.1) is 5.92 Å². The van der Waals surface area contributed by atoms with Crippen molar-refractivity contribution in [2.75, 3.05) is 7.11 Å². The van der Waals surface area contributed by atoms with E-state index in [9.17, 15) is 0 Å². The lowest BCUT2D eigenvalue weighted by molar-refractivity contribution is 0.399. The second-order valence-electron chi connectivity index (χ2n) is 2.18. The maximum atomic E-state index is 7.00. The largest absolute Gasteiger partial charge is 0.400 e. The lowest BCUT2D eigenvalue weighted by Gasteiger charge is -1.95. The molecular weight excluding hydrogens is 100 g/mol. The Labute approximate surface area is 52.7 Å². The predicted octanol–water partition coefficient (Wildman–Crippen LogP) is 2.05. The second-order valence-corrected chi connectivity index (χ2v) is 2.18. The third-order valence-electron chi connectivity index (χ3n) is 0.866. The van der Waals surface area contributed by atoms with Gasteiger partial charge in [-0.3, -0.25) is 0 Å². The molecule has 8 heavy (non-hydrogen) atoms. The van der Waals surface area contributed by atoms with Crippen LogP contribution in [0.2, 0.25) is 0 Å². The van der Waals surface area contributed by atoms with Gasteiger partial charge in [0.25, 0.3) is 0 Å². The molecule has 1 N–H and O–H groups in total. The van der Waals surface area contributed by atoms with Gasteiger partial charge in [-0.15, -0.1) is 0 Å². The van der Waals surface area contributed by atoms with Gasteiger partial charge in [0.1, 0.15) is 0 Å². The molecule has 0 saturated carbocycles. The number of aliphatic hydroxyl groups is 1. The summed E-state index contributed by atoms with van der Waals surface area (Å²) >= 11 is 0. The fraction of sp³-hybridized carbons (Fsp3) is 1.00. The molecule has 0 radical (unpaired) electrons. The molecule has 0 aromatic heterocycles. The maximum absolute atomic E-state index is 7.00. The van der Waals surface area contributed by atoms with Gasteiger partial charge in [0, 0.05) is 7.11 Å². The normalized spacial score (nSPS) is 8.25. The molecule has 0 aliphatic rings. The molecule has 0 aromatic rings. The summed E-state index contributed by atoms with van der Waals surface area (Å²) in [5.41, 5.74) is 0. The van der Waals surface area contributed by atoms with Crippen LogP contribution in [0.3, 0.4) is 0 Å². The molecule has 0 fully saturated rings. The molecule has 0 saturated heterocycles. The third-order valence-corrected chi connectivity index (χ3v) is 0.866. The highest BCUT2D eigenvalue weighted by Crippen LogP contribution is 2.00. The molecule has 0 aliphatic heterocycles. The van der Waals surface area contributed by atoms with Crippen molar-refractivity contribution < 1.29 is 5.11 Å². The van der Waals surface area contributed by atoms with Crippen molar-refractivity contribution in [2.45, 2.75) is 33.6 Å². The molecule has 0 spiro atoms. The quantitative estimate of drug-likeness (QED) is 0.588.